The zero-order valence-electron chi connectivity index (χ0n) is 12.8. The van der Waals surface area contributed by atoms with E-state index in [4.69, 9.17) is 0 Å². The van der Waals surface area contributed by atoms with Gasteiger partial charge in [0.2, 0.25) is 6.41 Å². The van der Waals surface area contributed by atoms with Crippen LogP contribution in [0.4, 0.5) is 4.39 Å². The van der Waals surface area contributed by atoms with Crippen LogP contribution in [0.5, 0.6) is 0 Å². The van der Waals surface area contributed by atoms with Crippen molar-refractivity contribution in [2.45, 2.75) is 19.4 Å². The lowest BCUT2D eigenvalue weighted by Crippen LogP contribution is -2.35. The number of benzene rings is 2. The highest BCUT2D eigenvalue weighted by Crippen LogP contribution is 2.27. The SMILES string of the molecule is Cc1ccccc1C(=O)N(C=O)C(CCO)c1ccccc1F. The third kappa shape index (κ3) is 3.63. The third-order valence-corrected chi connectivity index (χ3v) is 3.73. The van der Waals surface area contributed by atoms with Gasteiger partial charge in [-0.15, -0.1) is 0 Å². The molecule has 0 radical (unpaired) electrons. The van der Waals surface area contributed by atoms with Gasteiger partial charge in [0.15, 0.2) is 0 Å². The van der Waals surface area contributed by atoms with Crippen molar-refractivity contribution in [3.8, 4) is 0 Å². The lowest BCUT2D eigenvalue weighted by atomic mass is 10.00. The Kier molecular flexibility index (Phi) is 5.60. The number of aliphatic hydroxyl groups excluding tert-OH is 1. The maximum absolute atomic E-state index is 14.1. The van der Waals surface area contributed by atoms with Crippen molar-refractivity contribution in [3.63, 3.8) is 0 Å². The minimum atomic E-state index is -0.856. The molecule has 2 amide bonds. The Labute approximate surface area is 134 Å². The zero-order chi connectivity index (χ0) is 16.8. The number of halogens is 1. The highest BCUT2D eigenvalue weighted by molar-refractivity contribution is 6.01. The van der Waals surface area contributed by atoms with E-state index in [9.17, 15) is 19.1 Å². The van der Waals surface area contributed by atoms with Gasteiger partial charge in [-0.3, -0.25) is 14.5 Å². The molecule has 2 rings (SSSR count). The van der Waals surface area contributed by atoms with Crippen molar-refractivity contribution in [2.24, 2.45) is 0 Å². The quantitative estimate of drug-likeness (QED) is 0.834. The molecule has 2 aromatic rings. The van der Waals surface area contributed by atoms with E-state index in [1.807, 2.05) is 0 Å². The summed E-state index contributed by atoms with van der Waals surface area (Å²) in [4.78, 5) is 25.2. The van der Waals surface area contributed by atoms with E-state index in [0.29, 0.717) is 12.0 Å². The first-order valence-electron chi connectivity index (χ1n) is 7.29. The van der Waals surface area contributed by atoms with Gasteiger partial charge in [-0.05, 0) is 31.0 Å². The van der Waals surface area contributed by atoms with Crippen LogP contribution in [-0.4, -0.2) is 28.9 Å². The second-order valence-corrected chi connectivity index (χ2v) is 5.18. The van der Waals surface area contributed by atoms with Gasteiger partial charge < -0.3 is 5.11 Å². The summed E-state index contributed by atoms with van der Waals surface area (Å²) in [5.41, 5.74) is 1.30. The van der Waals surface area contributed by atoms with E-state index in [0.717, 1.165) is 10.5 Å². The molecule has 5 heteroatoms. The molecule has 23 heavy (non-hydrogen) atoms. The normalized spacial score (nSPS) is 11.8. The predicted octanol–water partition coefficient (Wildman–Crippen LogP) is 2.86. The fourth-order valence-electron chi connectivity index (χ4n) is 2.53. The van der Waals surface area contributed by atoms with Crippen LogP contribution in [0.15, 0.2) is 48.5 Å². The van der Waals surface area contributed by atoms with Gasteiger partial charge in [0.25, 0.3) is 5.91 Å². The molecular weight excluding hydrogens is 297 g/mol. The monoisotopic (exact) mass is 315 g/mol. The van der Waals surface area contributed by atoms with Crippen LogP contribution in [-0.2, 0) is 4.79 Å². The predicted molar refractivity (Wildman–Crippen MR) is 84.3 cm³/mol. The number of aliphatic hydroxyl groups is 1. The molecule has 120 valence electrons. The molecular formula is C18H18FNO3. The van der Waals surface area contributed by atoms with E-state index in [-0.39, 0.29) is 18.6 Å². The van der Waals surface area contributed by atoms with Crippen LogP contribution in [0.3, 0.4) is 0 Å². The molecule has 0 fully saturated rings. The van der Waals surface area contributed by atoms with Gasteiger partial charge in [-0.2, -0.15) is 0 Å². The maximum atomic E-state index is 14.1. The molecule has 0 aliphatic heterocycles. The Bertz CT molecular complexity index is 702. The summed E-state index contributed by atoms with van der Waals surface area (Å²) in [6.07, 6.45) is 0.457. The molecule has 0 saturated heterocycles. The van der Waals surface area contributed by atoms with Crippen LogP contribution < -0.4 is 0 Å². The van der Waals surface area contributed by atoms with Gasteiger partial charge >= 0.3 is 0 Å². The summed E-state index contributed by atoms with van der Waals surface area (Å²) < 4.78 is 14.1. The summed E-state index contributed by atoms with van der Waals surface area (Å²) in [7, 11) is 0. The Hall–Kier alpha value is -2.53. The Morgan fingerprint density at radius 1 is 1.22 bits per heavy atom. The van der Waals surface area contributed by atoms with Crippen LogP contribution >= 0.6 is 0 Å². The van der Waals surface area contributed by atoms with Crippen molar-refractivity contribution >= 4 is 12.3 Å². The Balaban J connectivity index is 2.43. The molecule has 4 nitrogen and oxygen atoms in total. The van der Waals surface area contributed by atoms with Crippen molar-refractivity contribution in [2.75, 3.05) is 6.61 Å². The molecule has 0 aliphatic carbocycles. The minimum absolute atomic E-state index is 0.0668. The van der Waals surface area contributed by atoms with Crippen LogP contribution in [0, 0.1) is 12.7 Å². The first-order chi connectivity index (χ1) is 11.1. The summed E-state index contributed by atoms with van der Waals surface area (Å²) in [5.74, 6) is -1.03. The van der Waals surface area contributed by atoms with E-state index in [1.165, 1.54) is 18.2 Å². The summed E-state index contributed by atoms with van der Waals surface area (Å²) in [6.45, 7) is 1.49. The smallest absolute Gasteiger partial charge is 0.261 e. The van der Waals surface area contributed by atoms with Gasteiger partial charge in [0.05, 0.1) is 6.04 Å². The third-order valence-electron chi connectivity index (χ3n) is 3.73. The molecule has 1 unspecified atom stereocenters. The molecule has 0 spiro atoms. The Morgan fingerprint density at radius 2 is 1.87 bits per heavy atom. The average Bonchev–Trinajstić information content (AvgIpc) is 2.55. The fraction of sp³-hybridized carbons (Fsp3) is 0.222. The molecule has 0 heterocycles. The highest BCUT2D eigenvalue weighted by Gasteiger charge is 2.28. The Morgan fingerprint density at radius 3 is 2.48 bits per heavy atom. The van der Waals surface area contributed by atoms with Crippen LogP contribution in [0.2, 0.25) is 0 Å². The van der Waals surface area contributed by atoms with Gasteiger partial charge in [0.1, 0.15) is 5.82 Å². The largest absolute Gasteiger partial charge is 0.396 e. The van der Waals surface area contributed by atoms with Gasteiger partial charge in [-0.25, -0.2) is 4.39 Å². The van der Waals surface area contributed by atoms with E-state index in [2.05, 4.69) is 0 Å². The second kappa shape index (κ2) is 7.65. The number of nitrogens with zero attached hydrogens (tertiary/aromatic N) is 1. The van der Waals surface area contributed by atoms with Crippen LogP contribution in [0.25, 0.3) is 0 Å². The first-order valence-corrected chi connectivity index (χ1v) is 7.29. The summed E-state index contributed by atoms with van der Waals surface area (Å²) in [6, 6.07) is 12.0. The minimum Gasteiger partial charge on any atom is -0.396 e. The second-order valence-electron chi connectivity index (χ2n) is 5.18. The molecule has 0 bridgehead atoms. The number of carbonyl (C=O) groups excluding carboxylic acids is 2. The van der Waals surface area contributed by atoms with Crippen molar-refractivity contribution in [1.29, 1.82) is 0 Å². The number of carbonyl (C=O) groups is 2. The number of aryl methyl sites for hydroxylation is 1. The van der Waals surface area contributed by atoms with Gasteiger partial charge in [0, 0.05) is 17.7 Å². The lowest BCUT2D eigenvalue weighted by molar-refractivity contribution is -0.118. The number of hydrogen-bond donors (Lipinski definition) is 1. The van der Waals surface area contributed by atoms with E-state index < -0.39 is 17.8 Å². The first kappa shape index (κ1) is 16.8. The molecule has 1 N–H and O–H groups in total. The zero-order valence-corrected chi connectivity index (χ0v) is 12.8. The summed E-state index contributed by atoms with van der Waals surface area (Å²) in [5, 5.41) is 9.26. The topological polar surface area (TPSA) is 57.6 Å². The standard InChI is InChI=1S/C18H18FNO3/c1-13-6-2-3-7-14(13)18(23)20(12-22)17(10-11-21)15-8-4-5-9-16(15)19/h2-9,12,17,21H,10-11H2,1H3. The molecule has 1 atom stereocenters. The van der Waals surface area contributed by atoms with E-state index in [1.54, 1.807) is 37.3 Å². The molecule has 0 saturated carbocycles. The van der Waals surface area contributed by atoms with Crippen LogP contribution in [0.1, 0.15) is 33.9 Å². The fourth-order valence-corrected chi connectivity index (χ4v) is 2.53. The highest BCUT2D eigenvalue weighted by atomic mass is 19.1. The summed E-state index contributed by atoms with van der Waals surface area (Å²) >= 11 is 0. The molecule has 2 aromatic carbocycles. The van der Waals surface area contributed by atoms with Gasteiger partial charge in [-0.1, -0.05) is 36.4 Å². The van der Waals surface area contributed by atoms with Crippen molar-refractivity contribution in [3.05, 3.63) is 71.0 Å². The van der Waals surface area contributed by atoms with Crippen molar-refractivity contribution in [1.82, 2.24) is 4.90 Å². The van der Waals surface area contributed by atoms with E-state index >= 15 is 0 Å². The average molecular weight is 315 g/mol. The maximum Gasteiger partial charge on any atom is 0.261 e. The molecule has 0 aromatic heterocycles. The lowest BCUT2D eigenvalue weighted by Gasteiger charge is -2.27. The number of imide groups is 1. The number of rotatable bonds is 6. The van der Waals surface area contributed by atoms with Crippen molar-refractivity contribution < 1.29 is 19.1 Å². The number of amides is 2. The molecule has 0 aliphatic rings. The number of hydrogen-bond acceptors (Lipinski definition) is 3.